The molecule has 1 aliphatic rings. The Morgan fingerprint density at radius 2 is 1.71 bits per heavy atom. The number of amidine groups is 1. The van der Waals surface area contributed by atoms with Gasteiger partial charge in [0.25, 0.3) is 0 Å². The Labute approximate surface area is 126 Å². The molecule has 5 heteroatoms. The first-order valence-electron chi connectivity index (χ1n) is 6.63. The summed E-state index contributed by atoms with van der Waals surface area (Å²) in [5.41, 5.74) is 0.967. The summed E-state index contributed by atoms with van der Waals surface area (Å²) in [6.45, 7) is 1.73. The predicted octanol–water partition coefficient (Wildman–Crippen LogP) is 3.88. The van der Waals surface area contributed by atoms with Gasteiger partial charge >= 0.3 is 0 Å². The van der Waals surface area contributed by atoms with E-state index in [1.165, 1.54) is 18.2 Å². The normalized spacial score (nSPS) is 14.4. The van der Waals surface area contributed by atoms with Gasteiger partial charge in [0.2, 0.25) is 0 Å². The maximum Gasteiger partial charge on any atom is 0.137 e. The van der Waals surface area contributed by atoms with Crippen molar-refractivity contribution >= 4 is 17.4 Å². The van der Waals surface area contributed by atoms with Crippen molar-refractivity contribution in [2.24, 2.45) is 4.99 Å². The molecule has 108 valence electrons. The summed E-state index contributed by atoms with van der Waals surface area (Å²) >= 11 is 5.86. The summed E-state index contributed by atoms with van der Waals surface area (Å²) in [7, 11) is 0. The first-order valence-corrected chi connectivity index (χ1v) is 7.01. The minimum absolute atomic E-state index is 0.0519. The smallest absolute Gasteiger partial charge is 0.137 e. The maximum absolute atomic E-state index is 13.9. The monoisotopic (exact) mass is 306 g/mol. The predicted molar refractivity (Wildman–Crippen MR) is 79.6 cm³/mol. The molecule has 3 rings (SSSR count). The molecule has 0 atom stereocenters. The summed E-state index contributed by atoms with van der Waals surface area (Å²) in [6, 6.07) is 11.2. The van der Waals surface area contributed by atoms with Crippen LogP contribution in [-0.4, -0.2) is 23.8 Å². The van der Waals surface area contributed by atoms with Crippen molar-refractivity contribution in [1.82, 2.24) is 4.90 Å². The standard InChI is InChI=1S/C16H13ClF2N2/c17-12-6-4-11(5-7-12)10-21-9-8-20-16(21)15-13(18)2-1-3-14(15)19/h1-7H,8-10H2. The van der Waals surface area contributed by atoms with Gasteiger partial charge in [0.15, 0.2) is 0 Å². The van der Waals surface area contributed by atoms with Crippen LogP contribution in [0.4, 0.5) is 8.78 Å². The SMILES string of the molecule is Fc1cccc(F)c1C1=NCCN1Cc1ccc(Cl)cc1. The third-order valence-electron chi connectivity index (χ3n) is 3.40. The Bertz CT molecular complexity index is 663. The zero-order valence-corrected chi connectivity index (χ0v) is 11.9. The van der Waals surface area contributed by atoms with Gasteiger partial charge in [0.05, 0.1) is 12.1 Å². The molecule has 2 nitrogen and oxygen atoms in total. The number of nitrogens with zero attached hydrogens (tertiary/aromatic N) is 2. The number of benzene rings is 2. The summed E-state index contributed by atoms with van der Waals surface area (Å²) < 4.78 is 27.8. The molecule has 0 N–H and O–H groups in total. The lowest BCUT2D eigenvalue weighted by Gasteiger charge is -2.21. The highest BCUT2D eigenvalue weighted by molar-refractivity contribution is 6.30. The van der Waals surface area contributed by atoms with Crippen molar-refractivity contribution in [3.63, 3.8) is 0 Å². The van der Waals surface area contributed by atoms with Crippen LogP contribution < -0.4 is 0 Å². The van der Waals surface area contributed by atoms with Crippen molar-refractivity contribution in [1.29, 1.82) is 0 Å². The van der Waals surface area contributed by atoms with Gasteiger partial charge in [-0.15, -0.1) is 0 Å². The minimum Gasteiger partial charge on any atom is -0.350 e. The Hall–Kier alpha value is -1.94. The molecule has 0 aliphatic carbocycles. The molecule has 1 aliphatic heterocycles. The minimum atomic E-state index is -0.586. The Balaban J connectivity index is 1.87. The molecule has 2 aromatic carbocycles. The van der Waals surface area contributed by atoms with E-state index >= 15 is 0 Å². The second-order valence-corrected chi connectivity index (χ2v) is 5.29. The Morgan fingerprint density at radius 1 is 1.05 bits per heavy atom. The van der Waals surface area contributed by atoms with Gasteiger partial charge in [-0.3, -0.25) is 4.99 Å². The van der Waals surface area contributed by atoms with Gasteiger partial charge in [0, 0.05) is 18.1 Å². The van der Waals surface area contributed by atoms with Crippen molar-refractivity contribution in [3.05, 3.63) is 70.2 Å². The number of hydrogen-bond donors (Lipinski definition) is 0. The molecule has 21 heavy (non-hydrogen) atoms. The molecule has 2 aromatic rings. The largest absolute Gasteiger partial charge is 0.350 e. The number of rotatable bonds is 3. The summed E-state index contributed by atoms with van der Waals surface area (Å²) in [4.78, 5) is 6.14. The van der Waals surface area contributed by atoms with Crippen LogP contribution in [0.25, 0.3) is 0 Å². The lowest BCUT2D eigenvalue weighted by Crippen LogP contribution is -2.29. The molecule has 0 saturated heterocycles. The van der Waals surface area contributed by atoms with Crippen molar-refractivity contribution in [3.8, 4) is 0 Å². The van der Waals surface area contributed by atoms with Crippen LogP contribution >= 0.6 is 11.6 Å². The van der Waals surface area contributed by atoms with Gasteiger partial charge in [-0.1, -0.05) is 29.8 Å². The highest BCUT2D eigenvalue weighted by Gasteiger charge is 2.24. The van der Waals surface area contributed by atoms with E-state index in [0.717, 1.165) is 5.56 Å². The second kappa shape index (κ2) is 5.82. The quantitative estimate of drug-likeness (QED) is 0.840. The van der Waals surface area contributed by atoms with E-state index in [1.54, 1.807) is 12.1 Å². The summed E-state index contributed by atoms with van der Waals surface area (Å²) in [5.74, 6) is -0.797. The molecule has 0 radical (unpaired) electrons. The van der Waals surface area contributed by atoms with Crippen LogP contribution in [0.2, 0.25) is 5.02 Å². The van der Waals surface area contributed by atoms with E-state index < -0.39 is 11.6 Å². The highest BCUT2D eigenvalue weighted by Crippen LogP contribution is 2.20. The molecule has 1 heterocycles. The second-order valence-electron chi connectivity index (χ2n) is 4.85. The lowest BCUT2D eigenvalue weighted by molar-refractivity contribution is 0.447. The van der Waals surface area contributed by atoms with E-state index in [1.807, 2.05) is 17.0 Å². The van der Waals surface area contributed by atoms with Gasteiger partial charge in [0.1, 0.15) is 17.5 Å². The van der Waals surface area contributed by atoms with E-state index in [4.69, 9.17) is 11.6 Å². The highest BCUT2D eigenvalue weighted by atomic mass is 35.5. The molecule has 0 bridgehead atoms. The van der Waals surface area contributed by atoms with Crippen LogP contribution in [0.15, 0.2) is 47.5 Å². The Kier molecular flexibility index (Phi) is 3.88. The average Bonchev–Trinajstić information content (AvgIpc) is 2.89. The van der Waals surface area contributed by atoms with Crippen molar-refractivity contribution in [2.45, 2.75) is 6.54 Å². The summed E-state index contributed by atoms with van der Waals surface area (Å²) in [6.07, 6.45) is 0. The first kappa shape index (κ1) is 14.0. The zero-order valence-electron chi connectivity index (χ0n) is 11.2. The van der Waals surface area contributed by atoms with E-state index in [0.29, 0.717) is 30.5 Å². The lowest BCUT2D eigenvalue weighted by atomic mass is 10.1. The third-order valence-corrected chi connectivity index (χ3v) is 3.66. The molecule has 0 fully saturated rings. The van der Waals surface area contributed by atoms with Gasteiger partial charge in [-0.25, -0.2) is 8.78 Å². The van der Waals surface area contributed by atoms with Gasteiger partial charge in [-0.05, 0) is 29.8 Å². The number of hydrogen-bond acceptors (Lipinski definition) is 2. The van der Waals surface area contributed by atoms with Crippen LogP contribution in [0.5, 0.6) is 0 Å². The van der Waals surface area contributed by atoms with Gasteiger partial charge in [-0.2, -0.15) is 0 Å². The third kappa shape index (κ3) is 2.90. The molecule has 0 aromatic heterocycles. The van der Waals surface area contributed by atoms with Crippen molar-refractivity contribution in [2.75, 3.05) is 13.1 Å². The van der Waals surface area contributed by atoms with Crippen LogP contribution in [0, 0.1) is 11.6 Å². The zero-order chi connectivity index (χ0) is 14.8. The maximum atomic E-state index is 13.9. The average molecular weight is 307 g/mol. The van der Waals surface area contributed by atoms with E-state index in [9.17, 15) is 8.78 Å². The van der Waals surface area contributed by atoms with E-state index in [-0.39, 0.29) is 5.56 Å². The Morgan fingerprint density at radius 3 is 2.38 bits per heavy atom. The topological polar surface area (TPSA) is 15.6 Å². The molecular formula is C16H13ClF2N2. The first-order chi connectivity index (χ1) is 10.1. The molecule has 0 spiro atoms. The van der Waals surface area contributed by atoms with Crippen LogP contribution in [-0.2, 0) is 6.54 Å². The number of aliphatic imine (C=N–C) groups is 1. The van der Waals surface area contributed by atoms with Crippen LogP contribution in [0.1, 0.15) is 11.1 Å². The van der Waals surface area contributed by atoms with Gasteiger partial charge < -0.3 is 4.90 Å². The van der Waals surface area contributed by atoms with Crippen LogP contribution in [0.3, 0.4) is 0 Å². The van der Waals surface area contributed by atoms with E-state index in [2.05, 4.69) is 4.99 Å². The fourth-order valence-corrected chi connectivity index (χ4v) is 2.52. The van der Waals surface area contributed by atoms with Crippen molar-refractivity contribution < 1.29 is 8.78 Å². The fourth-order valence-electron chi connectivity index (χ4n) is 2.40. The molecule has 0 saturated carbocycles. The molecular weight excluding hydrogens is 294 g/mol. The molecule has 0 unspecified atom stereocenters. The summed E-state index contributed by atoms with van der Waals surface area (Å²) in [5, 5.41) is 0.661. The fraction of sp³-hybridized carbons (Fsp3) is 0.188. The number of halogens is 3. The molecule has 0 amide bonds.